The summed E-state index contributed by atoms with van der Waals surface area (Å²) in [6.45, 7) is 1.81. The maximum Gasteiger partial charge on any atom is 0.340 e. The summed E-state index contributed by atoms with van der Waals surface area (Å²) in [4.78, 5) is 29.1. The van der Waals surface area contributed by atoms with E-state index < -0.39 is 17.4 Å². The molecule has 2 heterocycles. The molecule has 172 valence electrons. The molecule has 1 aliphatic rings. The highest BCUT2D eigenvalue weighted by Gasteiger charge is 2.39. The Morgan fingerprint density at radius 3 is 2.36 bits per heavy atom. The number of para-hydroxylation sites is 1. The van der Waals surface area contributed by atoms with E-state index in [-0.39, 0.29) is 29.4 Å². The minimum absolute atomic E-state index is 0.0133. The number of fused-ring (bicyclic) bond motifs is 3. The van der Waals surface area contributed by atoms with E-state index in [1.54, 1.807) is 37.3 Å². The van der Waals surface area contributed by atoms with E-state index in [1.165, 1.54) is 21.3 Å². The number of rotatable bonds is 6. The van der Waals surface area contributed by atoms with Crippen LogP contribution in [0.2, 0.25) is 0 Å². The van der Waals surface area contributed by atoms with Crippen LogP contribution in [-0.4, -0.2) is 38.9 Å². The lowest BCUT2D eigenvalue weighted by molar-refractivity contribution is -0.139. The number of pyridine rings is 1. The van der Waals surface area contributed by atoms with E-state index >= 15 is 0 Å². The van der Waals surface area contributed by atoms with Gasteiger partial charge in [-0.1, -0.05) is 12.1 Å². The number of esters is 1. The SMILES string of the molecule is CCOC(=O)C1=C(N)Oc2c(c(=O)[nH]c3ccccc23)[C@@H]1c1cc(OC)c(OC)c(OC)c1. The van der Waals surface area contributed by atoms with Gasteiger partial charge in [0.25, 0.3) is 5.56 Å². The van der Waals surface area contributed by atoms with Crippen molar-refractivity contribution in [2.75, 3.05) is 27.9 Å². The molecule has 0 radical (unpaired) electrons. The van der Waals surface area contributed by atoms with Gasteiger partial charge in [0.1, 0.15) is 11.3 Å². The topological polar surface area (TPSA) is 122 Å². The fourth-order valence-electron chi connectivity index (χ4n) is 4.08. The zero-order valence-electron chi connectivity index (χ0n) is 18.7. The third kappa shape index (κ3) is 3.61. The normalized spacial score (nSPS) is 15.0. The molecule has 0 bridgehead atoms. The van der Waals surface area contributed by atoms with Crippen molar-refractivity contribution in [2.45, 2.75) is 12.8 Å². The monoisotopic (exact) mass is 452 g/mol. The smallest absolute Gasteiger partial charge is 0.340 e. The molecule has 1 aliphatic heterocycles. The summed E-state index contributed by atoms with van der Waals surface area (Å²) in [5.74, 6) is -0.369. The van der Waals surface area contributed by atoms with Crippen molar-refractivity contribution >= 4 is 16.9 Å². The average Bonchev–Trinajstić information content (AvgIpc) is 2.82. The highest BCUT2D eigenvalue weighted by atomic mass is 16.5. The Morgan fingerprint density at radius 2 is 1.76 bits per heavy atom. The maximum absolute atomic E-state index is 13.3. The van der Waals surface area contributed by atoms with Gasteiger partial charge in [-0.05, 0) is 36.8 Å². The lowest BCUT2D eigenvalue weighted by Crippen LogP contribution is -2.32. The predicted octanol–water partition coefficient (Wildman–Crippen LogP) is 2.81. The Labute approximate surface area is 189 Å². The van der Waals surface area contributed by atoms with Crippen LogP contribution in [0.5, 0.6) is 23.0 Å². The van der Waals surface area contributed by atoms with Gasteiger partial charge in [-0.3, -0.25) is 4.79 Å². The van der Waals surface area contributed by atoms with Crippen LogP contribution in [0.4, 0.5) is 0 Å². The number of aromatic amines is 1. The Morgan fingerprint density at radius 1 is 1.09 bits per heavy atom. The molecule has 0 spiro atoms. The molecule has 0 saturated heterocycles. The lowest BCUT2D eigenvalue weighted by Gasteiger charge is -2.29. The van der Waals surface area contributed by atoms with E-state index in [1.807, 2.05) is 6.07 Å². The van der Waals surface area contributed by atoms with Gasteiger partial charge in [0, 0.05) is 5.39 Å². The highest BCUT2D eigenvalue weighted by Crippen LogP contribution is 2.47. The van der Waals surface area contributed by atoms with Gasteiger partial charge in [0.2, 0.25) is 11.6 Å². The van der Waals surface area contributed by atoms with Crippen molar-refractivity contribution in [3.8, 4) is 23.0 Å². The molecule has 4 rings (SSSR count). The molecule has 0 saturated carbocycles. The summed E-state index contributed by atoms with van der Waals surface area (Å²) in [5, 5.41) is 0.649. The highest BCUT2D eigenvalue weighted by molar-refractivity contribution is 5.95. The minimum Gasteiger partial charge on any atom is -0.493 e. The first kappa shape index (κ1) is 22.1. The average molecular weight is 452 g/mol. The molecular formula is C24H24N2O7. The third-order valence-corrected chi connectivity index (χ3v) is 5.48. The molecule has 0 aliphatic carbocycles. The van der Waals surface area contributed by atoms with Gasteiger partial charge in [0.15, 0.2) is 11.5 Å². The Bertz CT molecular complexity index is 1300. The van der Waals surface area contributed by atoms with E-state index in [0.717, 1.165) is 0 Å². The van der Waals surface area contributed by atoms with Crippen LogP contribution in [0.25, 0.3) is 10.9 Å². The van der Waals surface area contributed by atoms with Crippen molar-refractivity contribution in [1.82, 2.24) is 4.98 Å². The molecule has 0 unspecified atom stereocenters. The second-order valence-corrected chi connectivity index (χ2v) is 7.23. The second-order valence-electron chi connectivity index (χ2n) is 7.23. The van der Waals surface area contributed by atoms with Crippen LogP contribution in [0.15, 0.2) is 52.6 Å². The zero-order valence-corrected chi connectivity index (χ0v) is 18.7. The van der Waals surface area contributed by atoms with Gasteiger partial charge in [-0.25, -0.2) is 4.79 Å². The van der Waals surface area contributed by atoms with Crippen LogP contribution in [-0.2, 0) is 9.53 Å². The number of carbonyl (C=O) groups is 1. The van der Waals surface area contributed by atoms with Crippen molar-refractivity contribution < 1.29 is 28.5 Å². The quantitative estimate of drug-likeness (QED) is 0.548. The molecule has 1 atom stereocenters. The predicted molar refractivity (Wildman–Crippen MR) is 121 cm³/mol. The van der Waals surface area contributed by atoms with E-state index in [9.17, 15) is 9.59 Å². The molecule has 0 amide bonds. The molecular weight excluding hydrogens is 428 g/mol. The summed E-state index contributed by atoms with van der Waals surface area (Å²) < 4.78 is 27.5. The summed E-state index contributed by atoms with van der Waals surface area (Å²) in [6.07, 6.45) is 0. The Balaban J connectivity index is 2.07. The van der Waals surface area contributed by atoms with E-state index in [2.05, 4.69) is 4.98 Å². The van der Waals surface area contributed by atoms with Crippen LogP contribution >= 0.6 is 0 Å². The van der Waals surface area contributed by atoms with Gasteiger partial charge in [-0.2, -0.15) is 0 Å². The van der Waals surface area contributed by atoms with Crippen molar-refractivity contribution in [3.63, 3.8) is 0 Å². The number of nitrogens with one attached hydrogen (secondary N) is 1. The molecule has 9 heteroatoms. The van der Waals surface area contributed by atoms with Crippen molar-refractivity contribution in [3.05, 3.63) is 69.3 Å². The number of hydrogen-bond acceptors (Lipinski definition) is 8. The maximum atomic E-state index is 13.3. The minimum atomic E-state index is -0.908. The number of ether oxygens (including phenoxy) is 5. The first-order valence-corrected chi connectivity index (χ1v) is 10.2. The summed E-state index contributed by atoms with van der Waals surface area (Å²) in [5.41, 5.74) is 7.16. The van der Waals surface area contributed by atoms with Gasteiger partial charge in [-0.15, -0.1) is 0 Å². The molecule has 3 N–H and O–H groups in total. The third-order valence-electron chi connectivity index (χ3n) is 5.48. The summed E-state index contributed by atoms with van der Waals surface area (Å²) in [7, 11) is 4.45. The molecule has 1 aromatic heterocycles. The fraction of sp³-hybridized carbons (Fsp3) is 0.250. The first-order valence-electron chi connectivity index (χ1n) is 10.2. The summed E-state index contributed by atoms with van der Waals surface area (Å²) >= 11 is 0. The lowest BCUT2D eigenvalue weighted by atomic mass is 9.82. The van der Waals surface area contributed by atoms with Gasteiger partial charge < -0.3 is 34.4 Å². The van der Waals surface area contributed by atoms with Crippen LogP contribution in [0.1, 0.15) is 24.0 Å². The molecule has 33 heavy (non-hydrogen) atoms. The number of carbonyl (C=O) groups excluding carboxylic acids is 1. The zero-order chi connectivity index (χ0) is 23.7. The van der Waals surface area contributed by atoms with Crippen molar-refractivity contribution in [1.29, 1.82) is 0 Å². The molecule has 2 aromatic carbocycles. The van der Waals surface area contributed by atoms with Crippen LogP contribution in [0.3, 0.4) is 0 Å². The Kier molecular flexibility index (Phi) is 5.87. The summed E-state index contributed by atoms with van der Waals surface area (Å²) in [6, 6.07) is 10.5. The first-order chi connectivity index (χ1) is 15.9. The van der Waals surface area contributed by atoms with Gasteiger partial charge >= 0.3 is 5.97 Å². The Hall–Kier alpha value is -4.14. The van der Waals surface area contributed by atoms with E-state index in [0.29, 0.717) is 33.7 Å². The number of methoxy groups -OCH3 is 3. The largest absolute Gasteiger partial charge is 0.493 e. The van der Waals surface area contributed by atoms with E-state index in [4.69, 9.17) is 29.4 Å². The van der Waals surface area contributed by atoms with Crippen LogP contribution in [0, 0.1) is 0 Å². The molecule has 0 fully saturated rings. The number of hydrogen-bond donors (Lipinski definition) is 2. The standard InChI is InChI=1S/C24H24N2O7/c1-5-32-24(28)19-17(12-10-15(29-2)21(31-4)16(11-12)30-3)18-20(33-22(19)25)13-8-6-7-9-14(13)26-23(18)27/h6-11,17H,5,25H2,1-4H3,(H,26,27)/t17-/m0/s1. The number of nitrogens with two attached hydrogens (primary N) is 1. The van der Waals surface area contributed by atoms with Crippen molar-refractivity contribution in [2.24, 2.45) is 5.73 Å². The fourth-order valence-corrected chi connectivity index (χ4v) is 4.08. The number of aromatic nitrogens is 1. The molecule has 3 aromatic rings. The number of H-pyrrole nitrogens is 1. The van der Waals surface area contributed by atoms with Gasteiger partial charge in [0.05, 0.1) is 44.9 Å². The van der Waals surface area contributed by atoms with Crippen LogP contribution < -0.4 is 30.2 Å². The molecule has 9 nitrogen and oxygen atoms in total. The second kappa shape index (κ2) is 8.78. The number of benzene rings is 2.